The quantitative estimate of drug-likeness (QED) is 0.689. The van der Waals surface area contributed by atoms with Crippen LogP contribution in [0.5, 0.6) is 5.75 Å². The Labute approximate surface area is 128 Å². The SMILES string of the molecule is COc1ccc(C#CCO)cc1CSc1nnc(C)n1C. The maximum atomic E-state index is 8.76. The summed E-state index contributed by atoms with van der Waals surface area (Å²) in [5.74, 6) is 7.96. The standard InChI is InChI=1S/C15H17N3O2S/c1-11-16-17-15(18(11)2)21-10-13-9-12(5-4-8-19)6-7-14(13)20-3/h6-7,9,19H,8,10H2,1-3H3. The molecule has 1 N–H and O–H groups in total. The van der Waals surface area contributed by atoms with Crippen LogP contribution in [0.15, 0.2) is 23.4 Å². The Morgan fingerprint density at radius 3 is 2.81 bits per heavy atom. The van der Waals surface area contributed by atoms with Gasteiger partial charge in [-0.2, -0.15) is 0 Å². The Bertz CT molecular complexity index is 686. The van der Waals surface area contributed by atoms with E-state index < -0.39 is 0 Å². The number of nitrogens with zero attached hydrogens (tertiary/aromatic N) is 3. The van der Waals surface area contributed by atoms with E-state index in [4.69, 9.17) is 9.84 Å². The van der Waals surface area contributed by atoms with E-state index in [0.29, 0.717) is 5.75 Å². The number of aryl methyl sites for hydroxylation is 1. The number of rotatable bonds is 4. The van der Waals surface area contributed by atoms with Crippen LogP contribution in [0.2, 0.25) is 0 Å². The summed E-state index contributed by atoms with van der Waals surface area (Å²) in [5.41, 5.74) is 1.89. The number of methoxy groups -OCH3 is 1. The third kappa shape index (κ3) is 3.78. The van der Waals surface area contributed by atoms with Crippen LogP contribution in [0.1, 0.15) is 17.0 Å². The summed E-state index contributed by atoms with van der Waals surface area (Å²) in [5, 5.41) is 17.8. The van der Waals surface area contributed by atoms with Crippen LogP contribution in [0, 0.1) is 18.8 Å². The van der Waals surface area contributed by atoms with E-state index in [1.165, 1.54) is 0 Å². The fraction of sp³-hybridized carbons (Fsp3) is 0.333. The van der Waals surface area contributed by atoms with Crippen molar-refractivity contribution in [3.05, 3.63) is 35.2 Å². The second-order valence-electron chi connectivity index (χ2n) is 4.36. The molecule has 1 heterocycles. The zero-order chi connectivity index (χ0) is 15.2. The summed E-state index contributed by atoms with van der Waals surface area (Å²) < 4.78 is 7.33. The van der Waals surface area contributed by atoms with Gasteiger partial charge in [0.2, 0.25) is 0 Å². The van der Waals surface area contributed by atoms with Gasteiger partial charge in [0.15, 0.2) is 5.16 Å². The molecule has 0 aliphatic rings. The second-order valence-corrected chi connectivity index (χ2v) is 5.31. The molecule has 1 aromatic carbocycles. The first-order chi connectivity index (χ1) is 10.2. The van der Waals surface area contributed by atoms with Crippen LogP contribution in [0.3, 0.4) is 0 Å². The van der Waals surface area contributed by atoms with Crippen LogP contribution < -0.4 is 4.74 Å². The van der Waals surface area contributed by atoms with Crippen LogP contribution >= 0.6 is 11.8 Å². The van der Waals surface area contributed by atoms with Gasteiger partial charge in [-0.3, -0.25) is 0 Å². The summed E-state index contributed by atoms with van der Waals surface area (Å²) in [6, 6.07) is 5.74. The first-order valence-corrected chi connectivity index (χ1v) is 7.39. The van der Waals surface area contributed by atoms with Crippen LogP contribution in [0.25, 0.3) is 0 Å². The lowest BCUT2D eigenvalue weighted by Crippen LogP contribution is -1.95. The molecule has 0 spiro atoms. The Morgan fingerprint density at radius 2 is 2.19 bits per heavy atom. The van der Waals surface area contributed by atoms with E-state index in [2.05, 4.69) is 22.0 Å². The minimum atomic E-state index is -0.145. The Morgan fingerprint density at radius 1 is 1.38 bits per heavy atom. The van der Waals surface area contributed by atoms with Gasteiger partial charge in [0, 0.05) is 23.9 Å². The average Bonchev–Trinajstić information content (AvgIpc) is 2.82. The molecule has 21 heavy (non-hydrogen) atoms. The molecule has 0 bridgehead atoms. The van der Waals surface area contributed by atoms with Gasteiger partial charge in [0.25, 0.3) is 0 Å². The number of thioether (sulfide) groups is 1. The highest BCUT2D eigenvalue weighted by molar-refractivity contribution is 7.98. The predicted octanol–water partition coefficient (Wildman–Crippen LogP) is 1.77. The summed E-state index contributed by atoms with van der Waals surface area (Å²) in [4.78, 5) is 0. The molecule has 0 atom stereocenters. The van der Waals surface area contributed by atoms with Crippen molar-refractivity contribution in [2.24, 2.45) is 7.05 Å². The fourth-order valence-corrected chi connectivity index (χ4v) is 2.70. The molecule has 110 valence electrons. The largest absolute Gasteiger partial charge is 0.496 e. The van der Waals surface area contributed by atoms with Gasteiger partial charge in [-0.05, 0) is 25.1 Å². The molecule has 2 rings (SSSR count). The van der Waals surface area contributed by atoms with Crippen LogP contribution in [-0.2, 0) is 12.8 Å². The van der Waals surface area contributed by atoms with Crippen molar-refractivity contribution >= 4 is 11.8 Å². The molecule has 0 amide bonds. The summed E-state index contributed by atoms with van der Waals surface area (Å²) in [6.07, 6.45) is 0. The first-order valence-electron chi connectivity index (χ1n) is 6.41. The van der Waals surface area contributed by atoms with Crippen molar-refractivity contribution in [1.29, 1.82) is 0 Å². The van der Waals surface area contributed by atoms with Gasteiger partial charge >= 0.3 is 0 Å². The number of hydrogen-bond donors (Lipinski definition) is 1. The minimum absolute atomic E-state index is 0.145. The molecule has 0 saturated heterocycles. The van der Waals surface area contributed by atoms with E-state index >= 15 is 0 Å². The van der Waals surface area contributed by atoms with Gasteiger partial charge < -0.3 is 14.4 Å². The van der Waals surface area contributed by atoms with Crippen molar-refractivity contribution in [1.82, 2.24) is 14.8 Å². The Hall–Kier alpha value is -1.97. The van der Waals surface area contributed by atoms with Crippen LogP contribution in [-0.4, -0.2) is 33.6 Å². The highest BCUT2D eigenvalue weighted by atomic mass is 32.2. The normalized spacial score (nSPS) is 10.1. The summed E-state index contributed by atoms with van der Waals surface area (Å²) >= 11 is 1.59. The molecule has 5 nitrogen and oxygen atoms in total. The number of aliphatic hydroxyl groups excluding tert-OH is 1. The van der Waals surface area contributed by atoms with E-state index in [0.717, 1.165) is 27.9 Å². The average molecular weight is 303 g/mol. The van der Waals surface area contributed by atoms with Gasteiger partial charge in [-0.1, -0.05) is 23.6 Å². The van der Waals surface area contributed by atoms with Crippen molar-refractivity contribution in [3.8, 4) is 17.6 Å². The van der Waals surface area contributed by atoms with Crippen molar-refractivity contribution in [3.63, 3.8) is 0 Å². The monoisotopic (exact) mass is 303 g/mol. The lowest BCUT2D eigenvalue weighted by atomic mass is 10.1. The van der Waals surface area contributed by atoms with Crippen LogP contribution in [0.4, 0.5) is 0 Å². The molecular weight excluding hydrogens is 286 g/mol. The Balaban J connectivity index is 2.19. The third-order valence-corrected chi connectivity index (χ3v) is 4.07. The van der Waals surface area contributed by atoms with E-state index in [1.54, 1.807) is 18.9 Å². The maximum Gasteiger partial charge on any atom is 0.191 e. The lowest BCUT2D eigenvalue weighted by Gasteiger charge is -2.08. The van der Waals surface area contributed by atoms with Gasteiger partial charge in [-0.15, -0.1) is 10.2 Å². The molecular formula is C15H17N3O2S. The van der Waals surface area contributed by atoms with Gasteiger partial charge in [0.05, 0.1) is 7.11 Å². The summed E-state index contributed by atoms with van der Waals surface area (Å²) in [7, 11) is 3.59. The molecule has 6 heteroatoms. The molecule has 1 aromatic heterocycles. The highest BCUT2D eigenvalue weighted by Gasteiger charge is 2.09. The molecule has 0 radical (unpaired) electrons. The molecule has 0 aliphatic heterocycles. The van der Waals surface area contributed by atoms with E-state index in [1.807, 2.05) is 36.7 Å². The zero-order valence-corrected chi connectivity index (χ0v) is 13.1. The fourth-order valence-electron chi connectivity index (χ4n) is 1.77. The molecule has 0 aliphatic carbocycles. The predicted molar refractivity (Wildman–Crippen MR) is 82.3 cm³/mol. The second kappa shape index (κ2) is 7.16. The molecule has 0 fully saturated rings. The lowest BCUT2D eigenvalue weighted by molar-refractivity contribution is 0.350. The number of hydrogen-bond acceptors (Lipinski definition) is 5. The Kier molecular flexibility index (Phi) is 5.26. The number of aliphatic hydroxyl groups is 1. The van der Waals surface area contributed by atoms with E-state index in [-0.39, 0.29) is 6.61 Å². The number of ether oxygens (including phenoxy) is 1. The minimum Gasteiger partial charge on any atom is -0.496 e. The number of aromatic nitrogens is 3. The first kappa shape index (κ1) is 15.4. The third-order valence-electron chi connectivity index (χ3n) is 3.00. The van der Waals surface area contributed by atoms with Crippen molar-refractivity contribution < 1.29 is 9.84 Å². The van der Waals surface area contributed by atoms with Crippen molar-refractivity contribution in [2.75, 3.05) is 13.7 Å². The zero-order valence-electron chi connectivity index (χ0n) is 12.3. The summed E-state index contributed by atoms with van der Waals surface area (Å²) in [6.45, 7) is 1.77. The molecule has 2 aromatic rings. The maximum absolute atomic E-state index is 8.76. The van der Waals surface area contributed by atoms with Gasteiger partial charge in [0.1, 0.15) is 18.2 Å². The van der Waals surface area contributed by atoms with Crippen molar-refractivity contribution in [2.45, 2.75) is 17.8 Å². The van der Waals surface area contributed by atoms with E-state index in [9.17, 15) is 0 Å². The molecule has 0 unspecified atom stereocenters. The highest BCUT2D eigenvalue weighted by Crippen LogP contribution is 2.27. The topological polar surface area (TPSA) is 60.2 Å². The number of benzene rings is 1. The molecule has 0 saturated carbocycles. The smallest absolute Gasteiger partial charge is 0.191 e. The van der Waals surface area contributed by atoms with Gasteiger partial charge in [-0.25, -0.2) is 0 Å².